The first-order valence-electron chi connectivity index (χ1n) is 3.39. The third-order valence-corrected chi connectivity index (χ3v) is 0.809. The summed E-state index contributed by atoms with van der Waals surface area (Å²) in [7, 11) is 0. The maximum Gasteiger partial charge on any atom is 1.00 e. The molecule has 0 bridgehead atoms. The van der Waals surface area contributed by atoms with Gasteiger partial charge in [0.1, 0.15) is 0 Å². The van der Waals surface area contributed by atoms with E-state index < -0.39 is 0 Å². The molecule has 4 nitrogen and oxygen atoms in total. The molecule has 0 fully saturated rings. The zero-order valence-corrected chi connectivity index (χ0v) is 9.83. The topological polar surface area (TPSA) is 70.5 Å². The van der Waals surface area contributed by atoms with E-state index in [0.29, 0.717) is 13.2 Å². The smallest absolute Gasteiger partial charge is 1.00 e. The average Bonchev–Trinajstić information content (AvgIpc) is 1.87. The van der Waals surface area contributed by atoms with Gasteiger partial charge in [-0.25, -0.2) is 0 Å². The van der Waals surface area contributed by atoms with E-state index in [1.807, 2.05) is 13.8 Å². The molecule has 13 heavy (non-hydrogen) atoms. The van der Waals surface area contributed by atoms with Gasteiger partial charge in [-0.1, -0.05) is 0 Å². The standard InChI is InChI=1S/2C3H7NOS.Li.H/c2*1-2-5-3(4)6;;/h2*2H2,1H3,(H2,4,6);;/q;;+1;-1. The van der Waals surface area contributed by atoms with Crippen molar-refractivity contribution in [2.24, 2.45) is 11.5 Å². The van der Waals surface area contributed by atoms with Crippen LogP contribution in [0.25, 0.3) is 0 Å². The average molecular weight is 218 g/mol. The molecule has 0 saturated carbocycles. The molecule has 0 heterocycles. The van der Waals surface area contributed by atoms with Crippen LogP contribution in [0.4, 0.5) is 0 Å². The SMILES string of the molecule is CCOC(N)=S.CCOC(N)=S.[H-].[Li+]. The summed E-state index contributed by atoms with van der Waals surface area (Å²) in [6.45, 7) is 4.79. The zero-order chi connectivity index (χ0) is 9.98. The van der Waals surface area contributed by atoms with Gasteiger partial charge in [-0.05, 0) is 38.3 Å². The molecule has 7 heteroatoms. The van der Waals surface area contributed by atoms with Crippen LogP contribution >= 0.6 is 24.4 Å². The first-order valence-corrected chi connectivity index (χ1v) is 4.20. The Morgan fingerprint density at radius 1 is 1.08 bits per heavy atom. The molecule has 0 amide bonds. The van der Waals surface area contributed by atoms with E-state index in [4.69, 9.17) is 11.5 Å². The van der Waals surface area contributed by atoms with Crippen LogP contribution in [0.3, 0.4) is 0 Å². The van der Waals surface area contributed by atoms with Crippen LogP contribution in [-0.4, -0.2) is 23.6 Å². The van der Waals surface area contributed by atoms with E-state index in [9.17, 15) is 0 Å². The molecule has 0 aliphatic heterocycles. The largest absolute Gasteiger partial charge is 1.00 e. The Labute approximate surface area is 103 Å². The summed E-state index contributed by atoms with van der Waals surface area (Å²) in [5.41, 5.74) is 9.82. The van der Waals surface area contributed by atoms with E-state index in [2.05, 4.69) is 33.9 Å². The quantitative estimate of drug-likeness (QED) is 0.399. The molecule has 74 valence electrons. The zero-order valence-electron chi connectivity index (χ0n) is 9.20. The molecular weight excluding hydrogens is 203 g/mol. The Morgan fingerprint density at radius 2 is 1.31 bits per heavy atom. The third-order valence-electron chi connectivity index (χ3n) is 0.573. The van der Waals surface area contributed by atoms with Crippen molar-refractivity contribution in [2.45, 2.75) is 13.8 Å². The molecule has 0 aliphatic carbocycles. The van der Waals surface area contributed by atoms with Gasteiger partial charge in [0.15, 0.2) is 0 Å². The molecule has 0 aromatic rings. The van der Waals surface area contributed by atoms with Crippen molar-refractivity contribution >= 4 is 34.8 Å². The summed E-state index contributed by atoms with van der Waals surface area (Å²) in [6.07, 6.45) is 0. The maximum atomic E-state index is 4.91. The minimum Gasteiger partial charge on any atom is -1.00 e. The fraction of sp³-hybridized carbons (Fsp3) is 0.667. The van der Waals surface area contributed by atoms with Crippen LogP contribution in [0.1, 0.15) is 15.3 Å². The van der Waals surface area contributed by atoms with Crippen molar-refractivity contribution in [1.29, 1.82) is 0 Å². The van der Waals surface area contributed by atoms with Gasteiger partial charge in [-0.3, -0.25) is 0 Å². The van der Waals surface area contributed by atoms with Crippen molar-refractivity contribution < 1.29 is 29.8 Å². The molecule has 0 unspecified atom stereocenters. The van der Waals surface area contributed by atoms with E-state index in [1.165, 1.54) is 0 Å². The molecule has 0 saturated heterocycles. The van der Waals surface area contributed by atoms with Gasteiger partial charge in [-0.15, -0.1) is 0 Å². The molecular formula is C6H15LiN2O2S2. The number of hydrogen-bond donors (Lipinski definition) is 2. The van der Waals surface area contributed by atoms with Crippen molar-refractivity contribution in [3.63, 3.8) is 0 Å². The van der Waals surface area contributed by atoms with Gasteiger partial charge in [-0.2, -0.15) is 0 Å². The first-order chi connectivity index (χ1) is 5.54. The van der Waals surface area contributed by atoms with Crippen molar-refractivity contribution in [1.82, 2.24) is 0 Å². The van der Waals surface area contributed by atoms with Crippen LogP contribution in [0, 0.1) is 0 Å². The number of rotatable bonds is 2. The Kier molecular flexibility index (Phi) is 20.9. The van der Waals surface area contributed by atoms with Crippen LogP contribution in [0.2, 0.25) is 0 Å². The van der Waals surface area contributed by atoms with Gasteiger partial charge in [0.2, 0.25) is 0 Å². The summed E-state index contributed by atoms with van der Waals surface area (Å²) in [5.74, 6) is 0. The predicted molar refractivity (Wildman–Crippen MR) is 57.9 cm³/mol. The normalized spacial score (nSPS) is 6.92. The molecule has 4 N–H and O–H groups in total. The number of hydrogen-bond acceptors (Lipinski definition) is 4. The predicted octanol–water partition coefficient (Wildman–Crippen LogP) is -2.35. The van der Waals surface area contributed by atoms with Crippen molar-refractivity contribution in [3.8, 4) is 0 Å². The molecule has 0 aromatic heterocycles. The maximum absolute atomic E-state index is 4.91. The van der Waals surface area contributed by atoms with Gasteiger partial charge >= 0.3 is 18.9 Å². The summed E-state index contributed by atoms with van der Waals surface area (Å²) < 4.78 is 9.10. The number of nitrogens with two attached hydrogens (primary N) is 2. The van der Waals surface area contributed by atoms with Gasteiger partial charge in [0.05, 0.1) is 13.2 Å². The number of ether oxygens (including phenoxy) is 2. The Morgan fingerprint density at radius 3 is 1.31 bits per heavy atom. The molecule has 0 atom stereocenters. The molecule has 0 radical (unpaired) electrons. The summed E-state index contributed by atoms with van der Waals surface area (Å²) >= 11 is 8.70. The second-order valence-electron chi connectivity index (χ2n) is 1.50. The third kappa shape index (κ3) is 33.4. The monoisotopic (exact) mass is 218 g/mol. The fourth-order valence-corrected chi connectivity index (χ4v) is 0.520. The van der Waals surface area contributed by atoms with Crippen LogP contribution in [-0.2, 0) is 9.47 Å². The Balaban J connectivity index is -0.0000000625. The molecule has 0 aliphatic rings. The van der Waals surface area contributed by atoms with Crippen LogP contribution < -0.4 is 30.3 Å². The first kappa shape index (κ1) is 18.7. The van der Waals surface area contributed by atoms with Gasteiger partial charge < -0.3 is 22.4 Å². The van der Waals surface area contributed by atoms with Gasteiger partial charge in [0.25, 0.3) is 10.3 Å². The van der Waals surface area contributed by atoms with Crippen molar-refractivity contribution in [2.75, 3.05) is 13.2 Å². The van der Waals surface area contributed by atoms with E-state index in [0.717, 1.165) is 0 Å². The van der Waals surface area contributed by atoms with Gasteiger partial charge in [0, 0.05) is 0 Å². The molecule has 0 spiro atoms. The van der Waals surface area contributed by atoms with Crippen LogP contribution in [0.5, 0.6) is 0 Å². The minimum atomic E-state index is 0. The molecule has 0 aromatic carbocycles. The molecule has 0 rings (SSSR count). The van der Waals surface area contributed by atoms with E-state index >= 15 is 0 Å². The van der Waals surface area contributed by atoms with E-state index in [-0.39, 0.29) is 30.6 Å². The minimum absolute atomic E-state index is 0. The Bertz CT molecular complexity index is 136. The summed E-state index contributed by atoms with van der Waals surface area (Å²) in [4.78, 5) is 0. The van der Waals surface area contributed by atoms with Crippen LogP contribution in [0.15, 0.2) is 0 Å². The summed E-state index contributed by atoms with van der Waals surface area (Å²) in [5, 5.41) is 0.245. The number of thiocarbonyl (C=S) groups is 2. The second-order valence-corrected chi connectivity index (χ2v) is 2.31. The summed E-state index contributed by atoms with van der Waals surface area (Å²) in [6, 6.07) is 0. The Hall–Kier alpha value is -0.0226. The van der Waals surface area contributed by atoms with E-state index in [1.54, 1.807) is 0 Å². The van der Waals surface area contributed by atoms with Crippen molar-refractivity contribution in [3.05, 3.63) is 0 Å². The fourth-order valence-electron chi connectivity index (χ4n) is 0.285. The second kappa shape index (κ2) is 14.5.